The highest BCUT2D eigenvalue weighted by Crippen LogP contribution is 2.20. The van der Waals surface area contributed by atoms with Crippen molar-refractivity contribution in [3.63, 3.8) is 0 Å². The highest BCUT2D eigenvalue weighted by molar-refractivity contribution is 6.30. The lowest BCUT2D eigenvalue weighted by Crippen LogP contribution is -2.47. The zero-order chi connectivity index (χ0) is 16.2. The van der Waals surface area contributed by atoms with Gasteiger partial charge in [0.2, 0.25) is 0 Å². The molecule has 0 N–H and O–H groups in total. The van der Waals surface area contributed by atoms with Gasteiger partial charge in [0, 0.05) is 55.6 Å². The Labute approximate surface area is 141 Å². The molecule has 3 rings (SSSR count). The molecular formula is C17H20ClN3O2. The molecule has 5 nitrogen and oxygen atoms in total. The molecule has 23 heavy (non-hydrogen) atoms. The fourth-order valence-corrected chi connectivity index (χ4v) is 3.19. The Hall–Kier alpha value is -1.85. The highest BCUT2D eigenvalue weighted by Gasteiger charge is 2.23. The number of anilines is 1. The van der Waals surface area contributed by atoms with Gasteiger partial charge in [-0.2, -0.15) is 0 Å². The van der Waals surface area contributed by atoms with E-state index >= 15 is 0 Å². The largest absolute Gasteiger partial charge is 0.369 e. The first-order chi connectivity index (χ1) is 11.1. The first-order valence-electron chi connectivity index (χ1n) is 7.90. The second kappa shape index (κ2) is 7.15. The lowest BCUT2D eigenvalue weighted by Gasteiger charge is -2.36. The number of rotatable bonds is 5. The van der Waals surface area contributed by atoms with Crippen LogP contribution in [0.15, 0.2) is 36.4 Å². The van der Waals surface area contributed by atoms with Crippen LogP contribution in [0.25, 0.3) is 0 Å². The number of hydrogen-bond acceptors (Lipinski definition) is 4. The van der Waals surface area contributed by atoms with E-state index in [2.05, 4.69) is 15.9 Å². The van der Waals surface area contributed by atoms with Crippen molar-refractivity contribution in [2.24, 2.45) is 0 Å². The van der Waals surface area contributed by atoms with Gasteiger partial charge in [-0.3, -0.25) is 19.4 Å². The van der Waals surface area contributed by atoms with Crippen molar-refractivity contribution in [1.82, 2.24) is 9.80 Å². The molecule has 0 aromatic heterocycles. The maximum absolute atomic E-state index is 11.5. The Kier molecular flexibility index (Phi) is 4.98. The van der Waals surface area contributed by atoms with Crippen LogP contribution < -0.4 is 4.90 Å². The molecule has 2 heterocycles. The van der Waals surface area contributed by atoms with Gasteiger partial charge in [-0.1, -0.05) is 17.7 Å². The summed E-state index contributed by atoms with van der Waals surface area (Å²) >= 11 is 6.05. The zero-order valence-corrected chi connectivity index (χ0v) is 13.7. The predicted molar refractivity (Wildman–Crippen MR) is 90.6 cm³/mol. The summed E-state index contributed by atoms with van der Waals surface area (Å²) in [4.78, 5) is 29.0. The minimum Gasteiger partial charge on any atom is -0.369 e. The summed E-state index contributed by atoms with van der Waals surface area (Å²) in [5.41, 5.74) is 1.16. The molecule has 1 aromatic rings. The second-order valence-corrected chi connectivity index (χ2v) is 6.26. The van der Waals surface area contributed by atoms with E-state index < -0.39 is 0 Å². The highest BCUT2D eigenvalue weighted by atomic mass is 35.5. The Balaban J connectivity index is 1.41. The fourth-order valence-electron chi connectivity index (χ4n) is 3.01. The first-order valence-corrected chi connectivity index (χ1v) is 8.28. The Morgan fingerprint density at radius 3 is 2.30 bits per heavy atom. The van der Waals surface area contributed by atoms with Gasteiger partial charge >= 0.3 is 0 Å². The van der Waals surface area contributed by atoms with E-state index in [0.717, 1.165) is 49.9 Å². The van der Waals surface area contributed by atoms with E-state index in [0.29, 0.717) is 6.54 Å². The summed E-state index contributed by atoms with van der Waals surface area (Å²) in [5.74, 6) is -0.387. The number of amides is 2. The van der Waals surface area contributed by atoms with Gasteiger partial charge in [0.05, 0.1) is 0 Å². The van der Waals surface area contributed by atoms with Crippen LogP contribution in [0, 0.1) is 0 Å². The third kappa shape index (κ3) is 3.92. The van der Waals surface area contributed by atoms with Crippen LogP contribution in [-0.2, 0) is 9.59 Å². The summed E-state index contributed by atoms with van der Waals surface area (Å²) in [6.07, 6.45) is 3.49. The van der Waals surface area contributed by atoms with E-state index in [1.54, 1.807) is 0 Å². The van der Waals surface area contributed by atoms with Gasteiger partial charge in [0.15, 0.2) is 0 Å². The van der Waals surface area contributed by atoms with Crippen LogP contribution in [0.3, 0.4) is 0 Å². The van der Waals surface area contributed by atoms with E-state index in [1.165, 1.54) is 17.1 Å². The minimum atomic E-state index is -0.194. The van der Waals surface area contributed by atoms with Crippen LogP contribution in [0.5, 0.6) is 0 Å². The van der Waals surface area contributed by atoms with Crippen molar-refractivity contribution in [2.45, 2.75) is 6.42 Å². The molecule has 0 radical (unpaired) electrons. The Morgan fingerprint density at radius 1 is 0.957 bits per heavy atom. The third-order valence-corrected chi connectivity index (χ3v) is 4.54. The van der Waals surface area contributed by atoms with Gasteiger partial charge in [-0.25, -0.2) is 0 Å². The molecule has 2 aliphatic heterocycles. The predicted octanol–water partition coefficient (Wildman–Crippen LogP) is 1.78. The summed E-state index contributed by atoms with van der Waals surface area (Å²) in [5, 5.41) is 0.762. The molecular weight excluding hydrogens is 314 g/mol. The zero-order valence-electron chi connectivity index (χ0n) is 12.9. The molecule has 0 aliphatic carbocycles. The first kappa shape index (κ1) is 16.0. The molecule has 6 heteroatoms. The van der Waals surface area contributed by atoms with E-state index in [9.17, 15) is 9.59 Å². The minimum absolute atomic E-state index is 0.194. The summed E-state index contributed by atoms with van der Waals surface area (Å²) < 4.78 is 0. The average molecular weight is 334 g/mol. The van der Waals surface area contributed by atoms with Gasteiger partial charge in [0.25, 0.3) is 11.8 Å². The smallest absolute Gasteiger partial charge is 0.253 e. The summed E-state index contributed by atoms with van der Waals surface area (Å²) in [6.45, 7) is 5.28. The maximum Gasteiger partial charge on any atom is 0.253 e. The van der Waals surface area contributed by atoms with Crippen molar-refractivity contribution in [3.05, 3.63) is 41.4 Å². The number of hydrogen-bond donors (Lipinski definition) is 0. The molecule has 0 spiro atoms. The van der Waals surface area contributed by atoms with Crippen LogP contribution >= 0.6 is 11.6 Å². The molecule has 0 bridgehead atoms. The molecule has 1 saturated heterocycles. The van der Waals surface area contributed by atoms with Crippen molar-refractivity contribution in [2.75, 3.05) is 44.2 Å². The topological polar surface area (TPSA) is 43.9 Å². The van der Waals surface area contributed by atoms with E-state index in [1.807, 2.05) is 18.2 Å². The quantitative estimate of drug-likeness (QED) is 0.770. The van der Waals surface area contributed by atoms with Gasteiger partial charge in [0.1, 0.15) is 0 Å². The average Bonchev–Trinajstić information content (AvgIpc) is 2.87. The maximum atomic E-state index is 11.5. The lowest BCUT2D eigenvalue weighted by molar-refractivity contribution is -0.136. The van der Waals surface area contributed by atoms with Crippen LogP contribution in [0.1, 0.15) is 6.42 Å². The molecule has 2 aliphatic rings. The number of halogens is 1. The standard InChI is InChI=1S/C17H20ClN3O2/c18-14-3-1-4-15(13-14)20-11-9-19(10-12-20)7-2-8-21-16(22)5-6-17(21)23/h1,3-6,13H,2,7-12H2. The number of imide groups is 1. The number of carbonyl (C=O) groups is 2. The summed E-state index contributed by atoms with van der Waals surface area (Å²) in [7, 11) is 0. The van der Waals surface area contributed by atoms with Gasteiger partial charge < -0.3 is 4.90 Å². The Morgan fingerprint density at radius 2 is 1.65 bits per heavy atom. The number of piperazine rings is 1. The second-order valence-electron chi connectivity index (χ2n) is 5.82. The molecule has 0 atom stereocenters. The van der Waals surface area contributed by atoms with Crippen molar-refractivity contribution in [3.8, 4) is 0 Å². The lowest BCUT2D eigenvalue weighted by atomic mass is 10.2. The van der Waals surface area contributed by atoms with Crippen molar-refractivity contribution < 1.29 is 9.59 Å². The number of carbonyl (C=O) groups excluding carboxylic acids is 2. The molecule has 1 fully saturated rings. The van der Waals surface area contributed by atoms with Gasteiger partial charge in [-0.15, -0.1) is 0 Å². The van der Waals surface area contributed by atoms with Crippen LogP contribution in [0.4, 0.5) is 5.69 Å². The normalized spacial score (nSPS) is 19.0. The van der Waals surface area contributed by atoms with Crippen LogP contribution in [-0.4, -0.2) is 60.9 Å². The van der Waals surface area contributed by atoms with E-state index in [4.69, 9.17) is 11.6 Å². The van der Waals surface area contributed by atoms with Crippen molar-refractivity contribution >= 4 is 29.1 Å². The SMILES string of the molecule is O=C1C=CC(=O)N1CCCN1CCN(c2cccc(Cl)c2)CC1. The monoisotopic (exact) mass is 333 g/mol. The van der Waals surface area contributed by atoms with Crippen LogP contribution in [0.2, 0.25) is 5.02 Å². The molecule has 1 aromatic carbocycles. The number of nitrogens with zero attached hydrogens (tertiary/aromatic N) is 3. The molecule has 122 valence electrons. The fraction of sp³-hybridized carbons (Fsp3) is 0.412. The molecule has 0 saturated carbocycles. The van der Waals surface area contributed by atoms with Crippen molar-refractivity contribution in [1.29, 1.82) is 0 Å². The Bertz CT molecular complexity index is 606. The third-order valence-electron chi connectivity index (χ3n) is 4.30. The molecule has 2 amide bonds. The van der Waals surface area contributed by atoms with E-state index in [-0.39, 0.29) is 11.8 Å². The summed E-state index contributed by atoms with van der Waals surface area (Å²) in [6, 6.07) is 7.94. The molecule has 0 unspecified atom stereocenters. The number of benzene rings is 1. The van der Waals surface area contributed by atoms with Gasteiger partial charge in [-0.05, 0) is 31.2 Å².